The number of rotatable bonds is 6. The maximum Gasteiger partial charge on any atom is 0.243 e. The Bertz CT molecular complexity index is 909. The Kier molecular flexibility index (Phi) is 6.55. The standard InChI is InChI=1S/C26H35N3O/c1-17(2)22-9-8-10-23(18(3)4)25(22)27-24(30)15-28-11-12-29(16-28)26-20(6)13-19(5)14-21(26)7/h8-14,17-18H,15-16H2,1-7H3,(H,27,30). The fourth-order valence-corrected chi connectivity index (χ4v) is 4.40. The number of carbonyl (C=O) groups is 1. The summed E-state index contributed by atoms with van der Waals surface area (Å²) in [5.74, 6) is 0.733. The maximum atomic E-state index is 12.9. The lowest BCUT2D eigenvalue weighted by Crippen LogP contribution is -2.33. The third-order valence-corrected chi connectivity index (χ3v) is 5.70. The van der Waals surface area contributed by atoms with E-state index < -0.39 is 0 Å². The Morgan fingerprint density at radius 2 is 1.53 bits per heavy atom. The van der Waals surface area contributed by atoms with Gasteiger partial charge in [0.1, 0.15) is 0 Å². The predicted molar refractivity (Wildman–Crippen MR) is 127 cm³/mol. The largest absolute Gasteiger partial charge is 0.349 e. The van der Waals surface area contributed by atoms with E-state index in [-0.39, 0.29) is 5.91 Å². The molecule has 1 amide bonds. The zero-order chi connectivity index (χ0) is 22.0. The molecule has 1 N–H and O–H groups in total. The monoisotopic (exact) mass is 405 g/mol. The molecule has 0 radical (unpaired) electrons. The van der Waals surface area contributed by atoms with E-state index in [1.165, 1.54) is 33.5 Å². The third kappa shape index (κ3) is 4.69. The summed E-state index contributed by atoms with van der Waals surface area (Å²) in [5, 5.41) is 3.22. The minimum absolute atomic E-state index is 0.0221. The van der Waals surface area contributed by atoms with Gasteiger partial charge in [0.15, 0.2) is 0 Å². The molecule has 3 rings (SSSR count). The lowest BCUT2D eigenvalue weighted by Gasteiger charge is -2.25. The van der Waals surface area contributed by atoms with Crippen LogP contribution in [0.1, 0.15) is 67.3 Å². The van der Waals surface area contributed by atoms with E-state index in [1.807, 2.05) is 6.20 Å². The highest BCUT2D eigenvalue weighted by molar-refractivity contribution is 5.94. The highest BCUT2D eigenvalue weighted by Gasteiger charge is 2.21. The molecule has 0 aliphatic carbocycles. The van der Waals surface area contributed by atoms with E-state index in [0.29, 0.717) is 25.0 Å². The SMILES string of the molecule is Cc1cc(C)c(N2C=CN(CC(=O)Nc3c(C(C)C)cccc3C(C)C)C2)c(C)c1. The van der Waals surface area contributed by atoms with Crippen LogP contribution in [-0.2, 0) is 4.79 Å². The van der Waals surface area contributed by atoms with Crippen molar-refractivity contribution in [3.05, 3.63) is 70.5 Å². The number of hydrogen-bond donors (Lipinski definition) is 1. The van der Waals surface area contributed by atoms with Gasteiger partial charge in [-0.25, -0.2) is 0 Å². The van der Waals surface area contributed by atoms with Crippen molar-refractivity contribution in [3.63, 3.8) is 0 Å². The van der Waals surface area contributed by atoms with Gasteiger partial charge in [-0.05, 0) is 54.9 Å². The molecule has 160 valence electrons. The molecule has 2 aromatic rings. The molecule has 1 aliphatic rings. The summed E-state index contributed by atoms with van der Waals surface area (Å²) in [5.41, 5.74) is 8.40. The summed E-state index contributed by atoms with van der Waals surface area (Å²) in [7, 11) is 0. The zero-order valence-electron chi connectivity index (χ0n) is 19.4. The van der Waals surface area contributed by atoms with Gasteiger partial charge in [0.2, 0.25) is 5.91 Å². The molecule has 1 heterocycles. The number of para-hydroxylation sites is 1. The topological polar surface area (TPSA) is 35.6 Å². The van der Waals surface area contributed by atoms with Gasteiger partial charge in [-0.3, -0.25) is 4.79 Å². The van der Waals surface area contributed by atoms with E-state index in [9.17, 15) is 4.79 Å². The van der Waals surface area contributed by atoms with Gasteiger partial charge in [-0.15, -0.1) is 0 Å². The molecule has 0 unspecified atom stereocenters. The second-order valence-corrected chi connectivity index (χ2v) is 9.07. The fraction of sp³-hybridized carbons (Fsp3) is 0.423. The molecule has 2 aromatic carbocycles. The highest BCUT2D eigenvalue weighted by atomic mass is 16.2. The highest BCUT2D eigenvalue weighted by Crippen LogP contribution is 2.33. The predicted octanol–water partition coefficient (Wildman–Crippen LogP) is 6.05. The van der Waals surface area contributed by atoms with Crippen molar-refractivity contribution in [1.82, 2.24) is 4.90 Å². The molecule has 0 saturated heterocycles. The number of amides is 1. The van der Waals surface area contributed by atoms with Crippen LogP contribution < -0.4 is 10.2 Å². The van der Waals surface area contributed by atoms with Gasteiger partial charge in [0.05, 0.1) is 13.2 Å². The Morgan fingerprint density at radius 1 is 0.967 bits per heavy atom. The van der Waals surface area contributed by atoms with Crippen molar-refractivity contribution in [3.8, 4) is 0 Å². The van der Waals surface area contributed by atoms with E-state index in [4.69, 9.17) is 0 Å². The average Bonchev–Trinajstić information content (AvgIpc) is 3.08. The van der Waals surface area contributed by atoms with Crippen LogP contribution in [0.4, 0.5) is 11.4 Å². The van der Waals surface area contributed by atoms with Crippen LogP contribution in [0.15, 0.2) is 42.7 Å². The van der Waals surface area contributed by atoms with Crippen LogP contribution >= 0.6 is 0 Å². The first-order valence-corrected chi connectivity index (χ1v) is 10.9. The lowest BCUT2D eigenvalue weighted by molar-refractivity contribution is -0.116. The van der Waals surface area contributed by atoms with Crippen LogP contribution in [0.5, 0.6) is 0 Å². The maximum absolute atomic E-state index is 12.9. The summed E-state index contributed by atoms with van der Waals surface area (Å²) < 4.78 is 0. The second kappa shape index (κ2) is 8.95. The van der Waals surface area contributed by atoms with E-state index >= 15 is 0 Å². The molecule has 1 aliphatic heterocycles. The summed E-state index contributed by atoms with van der Waals surface area (Å²) in [6.07, 6.45) is 4.08. The minimum atomic E-state index is 0.0221. The van der Waals surface area contributed by atoms with Crippen molar-refractivity contribution in [2.75, 3.05) is 23.4 Å². The number of carbonyl (C=O) groups excluding carboxylic acids is 1. The van der Waals surface area contributed by atoms with Crippen molar-refractivity contribution < 1.29 is 4.79 Å². The number of nitrogens with zero attached hydrogens (tertiary/aromatic N) is 2. The Labute approximate surface area is 181 Å². The van der Waals surface area contributed by atoms with Gasteiger partial charge in [-0.1, -0.05) is 63.6 Å². The first kappa shape index (κ1) is 21.9. The molecule has 0 atom stereocenters. The Morgan fingerprint density at radius 3 is 2.07 bits per heavy atom. The van der Waals surface area contributed by atoms with Crippen LogP contribution in [0, 0.1) is 20.8 Å². The van der Waals surface area contributed by atoms with Crippen molar-refractivity contribution in [2.45, 2.75) is 60.3 Å². The van der Waals surface area contributed by atoms with Gasteiger partial charge in [-0.2, -0.15) is 0 Å². The normalized spacial score (nSPS) is 13.6. The molecular weight excluding hydrogens is 370 g/mol. The quantitative estimate of drug-likeness (QED) is 0.635. The van der Waals surface area contributed by atoms with Crippen molar-refractivity contribution in [2.24, 2.45) is 0 Å². The number of benzene rings is 2. The smallest absolute Gasteiger partial charge is 0.243 e. The summed E-state index contributed by atoms with van der Waals surface area (Å²) in [4.78, 5) is 17.2. The molecule has 4 heteroatoms. The fourth-order valence-electron chi connectivity index (χ4n) is 4.40. The lowest BCUT2D eigenvalue weighted by atomic mass is 9.92. The Balaban J connectivity index is 1.72. The van der Waals surface area contributed by atoms with Crippen LogP contribution in [0.3, 0.4) is 0 Å². The summed E-state index contributed by atoms with van der Waals surface area (Å²) in [6, 6.07) is 10.7. The Hall–Kier alpha value is -2.75. The summed E-state index contributed by atoms with van der Waals surface area (Å²) in [6.45, 7) is 16.1. The zero-order valence-corrected chi connectivity index (χ0v) is 19.4. The molecular formula is C26H35N3O. The van der Waals surface area contributed by atoms with Crippen LogP contribution in [-0.4, -0.2) is 24.0 Å². The molecule has 0 fully saturated rings. The van der Waals surface area contributed by atoms with Crippen LogP contribution in [0.2, 0.25) is 0 Å². The number of aryl methyl sites for hydroxylation is 3. The average molecular weight is 406 g/mol. The summed E-state index contributed by atoms with van der Waals surface area (Å²) >= 11 is 0. The number of anilines is 2. The van der Waals surface area contributed by atoms with Gasteiger partial charge >= 0.3 is 0 Å². The van der Waals surface area contributed by atoms with E-state index in [0.717, 1.165) is 5.69 Å². The van der Waals surface area contributed by atoms with Gasteiger partial charge in [0.25, 0.3) is 0 Å². The first-order valence-electron chi connectivity index (χ1n) is 10.9. The molecule has 0 bridgehead atoms. The molecule has 30 heavy (non-hydrogen) atoms. The minimum Gasteiger partial charge on any atom is -0.349 e. The number of hydrogen-bond acceptors (Lipinski definition) is 3. The van der Waals surface area contributed by atoms with Gasteiger partial charge < -0.3 is 15.1 Å². The van der Waals surface area contributed by atoms with Crippen molar-refractivity contribution in [1.29, 1.82) is 0 Å². The molecule has 0 spiro atoms. The molecule has 0 aromatic heterocycles. The van der Waals surface area contributed by atoms with Crippen molar-refractivity contribution >= 4 is 17.3 Å². The van der Waals surface area contributed by atoms with E-state index in [2.05, 4.69) is 100 Å². The van der Waals surface area contributed by atoms with Crippen LogP contribution in [0.25, 0.3) is 0 Å². The van der Waals surface area contributed by atoms with Gasteiger partial charge in [0, 0.05) is 23.8 Å². The number of nitrogens with one attached hydrogen (secondary N) is 1. The molecule has 4 nitrogen and oxygen atoms in total. The third-order valence-electron chi connectivity index (χ3n) is 5.70. The molecule has 0 saturated carbocycles. The van der Waals surface area contributed by atoms with E-state index in [1.54, 1.807) is 0 Å². The first-order chi connectivity index (χ1) is 14.2. The second-order valence-electron chi connectivity index (χ2n) is 9.07.